The van der Waals surface area contributed by atoms with Crippen LogP contribution in [0.4, 0.5) is 0 Å². The molecule has 3 N–H and O–H groups in total. The van der Waals surface area contributed by atoms with Crippen molar-refractivity contribution in [3.63, 3.8) is 0 Å². The Morgan fingerprint density at radius 1 is 1.28 bits per heavy atom. The highest BCUT2D eigenvalue weighted by Gasteiger charge is 2.05. The highest BCUT2D eigenvalue weighted by molar-refractivity contribution is 7.89. The van der Waals surface area contributed by atoms with Crippen LogP contribution in [0.25, 0.3) is 0 Å². The smallest absolute Gasteiger partial charge is 0.220 e. The van der Waals surface area contributed by atoms with Gasteiger partial charge in [-0.2, -0.15) is 0 Å². The minimum Gasteiger partial charge on any atom is -0.355 e. The highest BCUT2D eigenvalue weighted by atomic mass is 32.2. The molecule has 0 aliphatic heterocycles. The summed E-state index contributed by atoms with van der Waals surface area (Å²) >= 11 is 0. The Hall–Kier alpha value is -1.40. The van der Waals surface area contributed by atoms with Gasteiger partial charge in [-0.15, -0.1) is 0 Å². The maximum atomic E-state index is 11.4. The molecule has 0 radical (unpaired) electrons. The molecule has 0 fully saturated rings. The van der Waals surface area contributed by atoms with Crippen molar-refractivity contribution in [2.75, 3.05) is 12.3 Å². The van der Waals surface area contributed by atoms with Crippen LogP contribution in [0.5, 0.6) is 0 Å². The van der Waals surface area contributed by atoms with Gasteiger partial charge in [0.1, 0.15) is 0 Å². The lowest BCUT2D eigenvalue weighted by molar-refractivity contribution is -0.120. The Morgan fingerprint density at radius 2 is 1.89 bits per heavy atom. The van der Waals surface area contributed by atoms with Crippen molar-refractivity contribution in [2.24, 2.45) is 5.14 Å². The number of hydrogen-bond acceptors (Lipinski definition) is 3. The molecule has 100 valence electrons. The fourth-order valence-corrected chi connectivity index (χ4v) is 1.82. The number of hydrogen-bond donors (Lipinski definition) is 2. The summed E-state index contributed by atoms with van der Waals surface area (Å²) in [6, 6.07) is 7.95. The number of primary sulfonamides is 1. The molecule has 0 unspecified atom stereocenters. The van der Waals surface area contributed by atoms with Crippen molar-refractivity contribution in [2.45, 2.75) is 19.8 Å². The standard InChI is InChI=1S/C12H18N2O3S/c1-10-2-4-11(5-3-10)6-7-12(15)14-8-9-18(13,16)17/h2-5H,6-9H2,1H3,(H,14,15)(H2,13,16,17). The Balaban J connectivity index is 2.27. The first-order chi connectivity index (χ1) is 8.37. The first-order valence-electron chi connectivity index (χ1n) is 5.69. The molecule has 0 spiro atoms. The second-order valence-electron chi connectivity index (χ2n) is 4.20. The maximum absolute atomic E-state index is 11.4. The molecule has 1 aromatic rings. The number of carbonyl (C=O) groups is 1. The zero-order chi connectivity index (χ0) is 13.6. The number of rotatable bonds is 6. The number of nitrogens with one attached hydrogen (secondary N) is 1. The van der Waals surface area contributed by atoms with Crippen molar-refractivity contribution in [1.29, 1.82) is 0 Å². The van der Waals surface area contributed by atoms with Gasteiger partial charge in [0.2, 0.25) is 15.9 Å². The van der Waals surface area contributed by atoms with Crippen LogP contribution in [0, 0.1) is 6.92 Å². The molecule has 6 heteroatoms. The van der Waals surface area contributed by atoms with Gasteiger partial charge in [-0.3, -0.25) is 4.79 Å². The van der Waals surface area contributed by atoms with Gasteiger partial charge >= 0.3 is 0 Å². The number of aryl methyl sites for hydroxylation is 2. The highest BCUT2D eigenvalue weighted by Crippen LogP contribution is 2.05. The second-order valence-corrected chi connectivity index (χ2v) is 5.94. The largest absolute Gasteiger partial charge is 0.355 e. The van der Waals surface area contributed by atoms with E-state index in [9.17, 15) is 13.2 Å². The van der Waals surface area contributed by atoms with E-state index in [4.69, 9.17) is 5.14 Å². The third-order valence-electron chi connectivity index (χ3n) is 2.47. The van der Waals surface area contributed by atoms with Crippen molar-refractivity contribution >= 4 is 15.9 Å². The van der Waals surface area contributed by atoms with Crippen LogP contribution in [-0.4, -0.2) is 26.6 Å². The Kier molecular flexibility index (Phi) is 5.30. The number of carbonyl (C=O) groups excluding carboxylic acids is 1. The summed E-state index contributed by atoms with van der Waals surface area (Å²) < 4.78 is 21.3. The van der Waals surface area contributed by atoms with Crippen LogP contribution in [-0.2, 0) is 21.2 Å². The molecular formula is C12H18N2O3S. The number of benzene rings is 1. The van der Waals surface area contributed by atoms with Crippen LogP contribution >= 0.6 is 0 Å². The van der Waals surface area contributed by atoms with Gasteiger partial charge in [0.25, 0.3) is 0 Å². The molecule has 0 atom stereocenters. The van der Waals surface area contributed by atoms with Crippen LogP contribution in [0.3, 0.4) is 0 Å². The predicted molar refractivity (Wildman–Crippen MR) is 70.5 cm³/mol. The van der Waals surface area contributed by atoms with Gasteiger partial charge < -0.3 is 5.32 Å². The van der Waals surface area contributed by atoms with E-state index in [1.165, 1.54) is 5.56 Å². The summed E-state index contributed by atoms with van der Waals surface area (Å²) in [4.78, 5) is 11.4. The minimum atomic E-state index is -3.51. The Bertz CT molecular complexity index is 495. The zero-order valence-electron chi connectivity index (χ0n) is 10.3. The fraction of sp³-hybridized carbons (Fsp3) is 0.417. The average molecular weight is 270 g/mol. The van der Waals surface area contributed by atoms with Gasteiger partial charge in [-0.1, -0.05) is 29.8 Å². The van der Waals surface area contributed by atoms with E-state index in [1.807, 2.05) is 31.2 Å². The molecule has 18 heavy (non-hydrogen) atoms. The van der Waals surface area contributed by atoms with Gasteiger partial charge in [0, 0.05) is 13.0 Å². The average Bonchev–Trinajstić information content (AvgIpc) is 2.26. The van der Waals surface area contributed by atoms with Crippen molar-refractivity contribution in [1.82, 2.24) is 5.32 Å². The van der Waals surface area contributed by atoms with E-state index < -0.39 is 10.0 Å². The molecule has 0 aliphatic rings. The summed E-state index contributed by atoms with van der Waals surface area (Å²) in [5, 5.41) is 7.34. The third-order valence-corrected chi connectivity index (χ3v) is 3.24. The summed E-state index contributed by atoms with van der Waals surface area (Å²) in [7, 11) is -3.51. The van der Waals surface area contributed by atoms with Gasteiger partial charge in [-0.25, -0.2) is 13.6 Å². The molecule has 0 bridgehead atoms. The van der Waals surface area contributed by atoms with E-state index in [0.29, 0.717) is 12.8 Å². The van der Waals surface area contributed by atoms with E-state index in [1.54, 1.807) is 0 Å². The second kappa shape index (κ2) is 6.51. The van der Waals surface area contributed by atoms with E-state index in [2.05, 4.69) is 5.32 Å². The first-order valence-corrected chi connectivity index (χ1v) is 7.41. The lowest BCUT2D eigenvalue weighted by Crippen LogP contribution is -2.31. The molecule has 0 heterocycles. The number of amides is 1. The van der Waals surface area contributed by atoms with Crippen LogP contribution < -0.4 is 10.5 Å². The molecule has 0 saturated carbocycles. The molecule has 5 nitrogen and oxygen atoms in total. The van der Waals surface area contributed by atoms with Gasteiger partial charge in [0.05, 0.1) is 5.75 Å². The van der Waals surface area contributed by atoms with Crippen molar-refractivity contribution in [3.8, 4) is 0 Å². The van der Waals surface area contributed by atoms with Gasteiger partial charge in [0.15, 0.2) is 0 Å². The molecule has 0 aromatic heterocycles. The summed E-state index contributed by atoms with van der Waals surface area (Å²) in [6.45, 7) is 2.06. The number of sulfonamides is 1. The summed E-state index contributed by atoms with van der Waals surface area (Å²) in [6.07, 6.45) is 0.981. The van der Waals surface area contributed by atoms with Crippen molar-refractivity contribution in [3.05, 3.63) is 35.4 Å². The van der Waals surface area contributed by atoms with Gasteiger partial charge in [-0.05, 0) is 18.9 Å². The molecule has 0 aliphatic carbocycles. The van der Waals surface area contributed by atoms with Crippen LogP contribution in [0.1, 0.15) is 17.5 Å². The van der Waals surface area contributed by atoms with Crippen LogP contribution in [0.15, 0.2) is 24.3 Å². The van der Waals surface area contributed by atoms with Crippen molar-refractivity contribution < 1.29 is 13.2 Å². The quantitative estimate of drug-likeness (QED) is 0.780. The minimum absolute atomic E-state index is 0.0611. The normalized spacial score (nSPS) is 11.2. The monoisotopic (exact) mass is 270 g/mol. The predicted octanol–water partition coefficient (Wildman–Crippen LogP) is 0.332. The molecular weight excluding hydrogens is 252 g/mol. The summed E-state index contributed by atoms with van der Waals surface area (Å²) in [5.41, 5.74) is 2.26. The van der Waals surface area contributed by atoms with E-state index in [0.717, 1.165) is 5.56 Å². The first kappa shape index (κ1) is 14.7. The number of nitrogens with two attached hydrogens (primary N) is 1. The zero-order valence-corrected chi connectivity index (χ0v) is 11.2. The Morgan fingerprint density at radius 3 is 2.44 bits per heavy atom. The Labute approximate surface area is 107 Å². The maximum Gasteiger partial charge on any atom is 0.220 e. The summed E-state index contributed by atoms with van der Waals surface area (Å²) in [5.74, 6) is -0.400. The van der Waals surface area contributed by atoms with E-state index >= 15 is 0 Å². The topological polar surface area (TPSA) is 89.3 Å². The van der Waals surface area contributed by atoms with Crippen LogP contribution in [0.2, 0.25) is 0 Å². The molecule has 1 rings (SSSR count). The lowest BCUT2D eigenvalue weighted by Gasteiger charge is -2.04. The SMILES string of the molecule is Cc1ccc(CCC(=O)NCCS(N)(=O)=O)cc1. The third kappa shape index (κ3) is 6.36. The fourth-order valence-electron chi connectivity index (χ4n) is 1.43. The van der Waals surface area contributed by atoms with E-state index in [-0.39, 0.29) is 18.2 Å². The molecule has 1 amide bonds. The lowest BCUT2D eigenvalue weighted by atomic mass is 10.1. The molecule has 0 saturated heterocycles. The molecule has 1 aromatic carbocycles.